The minimum atomic E-state index is -0.119. The molecule has 0 radical (unpaired) electrons. The van der Waals surface area contributed by atoms with E-state index in [0.717, 1.165) is 59.5 Å². The van der Waals surface area contributed by atoms with Crippen LogP contribution in [0.2, 0.25) is 0 Å². The van der Waals surface area contributed by atoms with Gasteiger partial charge in [0.05, 0.1) is 48.6 Å². The van der Waals surface area contributed by atoms with E-state index in [0.29, 0.717) is 24.7 Å². The predicted octanol–water partition coefficient (Wildman–Crippen LogP) is 3.61. The summed E-state index contributed by atoms with van der Waals surface area (Å²) < 4.78 is 7.42. The van der Waals surface area contributed by atoms with E-state index in [1.807, 2.05) is 41.2 Å². The van der Waals surface area contributed by atoms with Gasteiger partial charge in [-0.15, -0.1) is 0 Å². The average Bonchev–Trinajstić information content (AvgIpc) is 3.33. The second-order valence-corrected chi connectivity index (χ2v) is 8.57. The van der Waals surface area contributed by atoms with Gasteiger partial charge in [-0.2, -0.15) is 5.10 Å². The largest absolute Gasteiger partial charge is 0.390 e. The minimum absolute atomic E-state index is 0.0802. The zero-order valence-electron chi connectivity index (χ0n) is 19.4. The van der Waals surface area contributed by atoms with Crippen molar-refractivity contribution in [2.24, 2.45) is 5.73 Å². The summed E-state index contributed by atoms with van der Waals surface area (Å²) in [6.45, 7) is 5.03. The quantitative estimate of drug-likeness (QED) is 0.436. The summed E-state index contributed by atoms with van der Waals surface area (Å²) in [7, 11) is 0. The number of morpholine rings is 1. The van der Waals surface area contributed by atoms with Crippen molar-refractivity contribution in [1.29, 1.82) is 0 Å². The number of pyridine rings is 2. The van der Waals surface area contributed by atoms with Crippen LogP contribution >= 0.6 is 0 Å². The Kier molecular flexibility index (Phi) is 6.53. The zero-order chi connectivity index (χ0) is 23.5. The zero-order valence-corrected chi connectivity index (χ0v) is 19.4. The first-order valence-electron chi connectivity index (χ1n) is 11.8. The van der Waals surface area contributed by atoms with Gasteiger partial charge in [-0.1, -0.05) is 25.5 Å². The molecular weight excluding hydrogens is 428 g/mol. The average molecular weight is 459 g/mol. The van der Waals surface area contributed by atoms with E-state index < -0.39 is 0 Å². The molecule has 0 spiro atoms. The second-order valence-electron chi connectivity index (χ2n) is 8.57. The van der Waals surface area contributed by atoms with E-state index >= 15 is 0 Å². The summed E-state index contributed by atoms with van der Waals surface area (Å²) in [5.74, 6) is 0.665. The van der Waals surface area contributed by atoms with E-state index in [4.69, 9.17) is 15.5 Å². The lowest BCUT2D eigenvalue weighted by Gasteiger charge is -2.29. The summed E-state index contributed by atoms with van der Waals surface area (Å²) in [5, 5.41) is 15.3. The SMILES string of the molecule is CCC[C@H](N)c1cccc(-c2cc(N3CCOCC3)c3cnn(-c4cccc(CO)n4)c3c2)n1. The lowest BCUT2D eigenvalue weighted by molar-refractivity contribution is 0.123. The molecule has 4 heterocycles. The summed E-state index contributed by atoms with van der Waals surface area (Å²) in [6, 6.07) is 15.8. The van der Waals surface area contributed by atoms with E-state index in [1.165, 1.54) is 0 Å². The van der Waals surface area contributed by atoms with Gasteiger partial charge in [-0.05, 0) is 42.8 Å². The van der Waals surface area contributed by atoms with Crippen molar-refractivity contribution in [1.82, 2.24) is 19.7 Å². The normalized spacial score (nSPS) is 15.1. The number of aromatic nitrogens is 4. The van der Waals surface area contributed by atoms with E-state index in [9.17, 15) is 5.11 Å². The van der Waals surface area contributed by atoms with Crippen LogP contribution in [0.3, 0.4) is 0 Å². The number of ether oxygens (including phenoxy) is 1. The van der Waals surface area contributed by atoms with Gasteiger partial charge < -0.3 is 20.5 Å². The van der Waals surface area contributed by atoms with Crippen LogP contribution in [0.25, 0.3) is 28.0 Å². The Bertz CT molecular complexity index is 1280. The molecule has 5 rings (SSSR count). The maximum atomic E-state index is 9.56. The lowest BCUT2D eigenvalue weighted by atomic mass is 10.0. The molecule has 176 valence electrons. The van der Waals surface area contributed by atoms with Crippen LogP contribution in [0.1, 0.15) is 37.2 Å². The first kappa shape index (κ1) is 22.5. The number of aliphatic hydroxyl groups is 1. The van der Waals surface area contributed by atoms with Gasteiger partial charge in [0.15, 0.2) is 5.82 Å². The van der Waals surface area contributed by atoms with Crippen molar-refractivity contribution < 1.29 is 9.84 Å². The van der Waals surface area contributed by atoms with Crippen molar-refractivity contribution >= 4 is 16.6 Å². The monoisotopic (exact) mass is 458 g/mol. The molecule has 3 N–H and O–H groups in total. The number of hydrogen-bond acceptors (Lipinski definition) is 7. The third-order valence-corrected chi connectivity index (χ3v) is 6.24. The molecule has 4 aromatic rings. The Morgan fingerprint density at radius 1 is 1.09 bits per heavy atom. The van der Waals surface area contributed by atoms with Gasteiger partial charge >= 0.3 is 0 Å². The van der Waals surface area contributed by atoms with Crippen molar-refractivity contribution in [3.05, 3.63) is 66.1 Å². The molecular formula is C26H30N6O2. The lowest BCUT2D eigenvalue weighted by Crippen LogP contribution is -2.36. The van der Waals surface area contributed by atoms with Crippen LogP contribution in [0.4, 0.5) is 5.69 Å². The topological polar surface area (TPSA) is 102 Å². The third kappa shape index (κ3) is 4.40. The molecule has 0 bridgehead atoms. The van der Waals surface area contributed by atoms with E-state index in [1.54, 1.807) is 6.07 Å². The standard InChI is InChI=1S/C26H30N6O2/c1-2-5-21(27)23-8-4-7-22(30-23)18-14-24(31-10-12-34-13-11-31)20-16-28-32(25(20)15-18)26-9-3-6-19(17-33)29-26/h3-4,6-9,14-16,21,33H,2,5,10-13,17,27H2,1H3/t21-/m0/s1. The smallest absolute Gasteiger partial charge is 0.154 e. The molecule has 0 amide bonds. The minimum Gasteiger partial charge on any atom is -0.390 e. The maximum Gasteiger partial charge on any atom is 0.154 e. The number of hydrogen-bond donors (Lipinski definition) is 2. The summed E-state index contributed by atoms with van der Waals surface area (Å²) in [6.07, 6.45) is 3.80. The van der Waals surface area contributed by atoms with Crippen molar-refractivity contribution in [3.63, 3.8) is 0 Å². The predicted molar refractivity (Wildman–Crippen MR) is 133 cm³/mol. The number of nitrogens with zero attached hydrogens (tertiary/aromatic N) is 5. The third-order valence-electron chi connectivity index (χ3n) is 6.24. The van der Waals surface area contributed by atoms with Crippen molar-refractivity contribution in [3.8, 4) is 17.1 Å². The van der Waals surface area contributed by atoms with Gasteiger partial charge in [-0.25, -0.2) is 9.67 Å². The van der Waals surface area contributed by atoms with E-state index in [-0.39, 0.29) is 12.6 Å². The van der Waals surface area contributed by atoms with Gasteiger partial charge in [0.25, 0.3) is 0 Å². The molecule has 1 aliphatic rings. The van der Waals surface area contributed by atoms with Gasteiger partial charge in [-0.3, -0.25) is 4.98 Å². The molecule has 1 aliphatic heterocycles. The summed E-state index contributed by atoms with van der Waals surface area (Å²) in [4.78, 5) is 11.8. The van der Waals surface area contributed by atoms with Crippen LogP contribution < -0.4 is 10.6 Å². The highest BCUT2D eigenvalue weighted by atomic mass is 16.5. The number of anilines is 1. The van der Waals surface area contributed by atoms with Crippen LogP contribution in [-0.4, -0.2) is 51.2 Å². The van der Waals surface area contributed by atoms with Crippen molar-refractivity contribution in [2.45, 2.75) is 32.4 Å². The molecule has 0 unspecified atom stereocenters. The molecule has 1 atom stereocenters. The maximum absolute atomic E-state index is 9.56. The number of nitrogens with two attached hydrogens (primary N) is 1. The van der Waals surface area contributed by atoms with Crippen LogP contribution in [0, 0.1) is 0 Å². The molecule has 1 saturated heterocycles. The van der Waals surface area contributed by atoms with Crippen molar-refractivity contribution in [2.75, 3.05) is 31.2 Å². The highest BCUT2D eigenvalue weighted by Gasteiger charge is 2.20. The molecule has 8 nitrogen and oxygen atoms in total. The fourth-order valence-corrected chi connectivity index (χ4v) is 4.46. The number of benzene rings is 1. The van der Waals surface area contributed by atoms with Gasteiger partial charge in [0.1, 0.15) is 0 Å². The molecule has 0 aliphatic carbocycles. The molecule has 0 saturated carbocycles. The molecule has 3 aromatic heterocycles. The van der Waals surface area contributed by atoms with Gasteiger partial charge in [0, 0.05) is 35.8 Å². The first-order chi connectivity index (χ1) is 16.7. The molecule has 1 fully saturated rings. The molecule has 8 heteroatoms. The number of fused-ring (bicyclic) bond motifs is 1. The van der Waals surface area contributed by atoms with Crippen LogP contribution in [0.5, 0.6) is 0 Å². The van der Waals surface area contributed by atoms with E-state index in [2.05, 4.69) is 34.0 Å². The Hall–Kier alpha value is -3.33. The summed E-state index contributed by atoms with van der Waals surface area (Å²) >= 11 is 0. The molecule has 1 aromatic carbocycles. The van der Waals surface area contributed by atoms with Gasteiger partial charge in [0.2, 0.25) is 0 Å². The number of aliphatic hydroxyl groups excluding tert-OH is 1. The van der Waals surface area contributed by atoms with Crippen LogP contribution in [-0.2, 0) is 11.3 Å². The Labute approximate surface area is 199 Å². The highest BCUT2D eigenvalue weighted by Crippen LogP contribution is 2.34. The molecule has 34 heavy (non-hydrogen) atoms. The van der Waals surface area contributed by atoms with Crippen LogP contribution in [0.15, 0.2) is 54.7 Å². The Morgan fingerprint density at radius 3 is 2.71 bits per heavy atom. The number of rotatable bonds is 7. The highest BCUT2D eigenvalue weighted by molar-refractivity contribution is 5.96. The first-order valence-corrected chi connectivity index (χ1v) is 11.8. The summed E-state index contributed by atoms with van der Waals surface area (Å²) in [5.41, 5.74) is 11.8. The Morgan fingerprint density at radius 2 is 1.91 bits per heavy atom. The fourth-order valence-electron chi connectivity index (χ4n) is 4.46. The Balaban J connectivity index is 1.67. The fraction of sp³-hybridized carbons (Fsp3) is 0.346. The second kappa shape index (κ2) is 9.89.